The molecule has 0 aromatic heterocycles. The van der Waals surface area contributed by atoms with Gasteiger partial charge in [0.1, 0.15) is 12.4 Å². The standard InChI is InChI=1S/C12H18N2O2/c1-2-10-4-3-5-11(8-10)16-7-6-14-12(15)9-13/h3-5,8H,2,6-7,9,13H2,1H3,(H,14,15). The summed E-state index contributed by atoms with van der Waals surface area (Å²) in [5.74, 6) is 0.673. The Morgan fingerprint density at radius 2 is 2.31 bits per heavy atom. The maximum absolute atomic E-state index is 10.8. The molecule has 0 bridgehead atoms. The molecule has 0 saturated heterocycles. The molecule has 0 aliphatic carbocycles. The molecule has 0 heterocycles. The van der Waals surface area contributed by atoms with Crippen LogP contribution in [0.25, 0.3) is 0 Å². The third-order valence-corrected chi connectivity index (χ3v) is 2.19. The van der Waals surface area contributed by atoms with Crippen molar-refractivity contribution in [3.8, 4) is 5.75 Å². The summed E-state index contributed by atoms with van der Waals surface area (Å²) < 4.78 is 5.49. The summed E-state index contributed by atoms with van der Waals surface area (Å²) in [5.41, 5.74) is 6.39. The van der Waals surface area contributed by atoms with E-state index < -0.39 is 0 Å². The van der Waals surface area contributed by atoms with Gasteiger partial charge in [-0.2, -0.15) is 0 Å². The Bertz CT molecular complexity index is 340. The van der Waals surface area contributed by atoms with Crippen LogP contribution >= 0.6 is 0 Å². The maximum Gasteiger partial charge on any atom is 0.233 e. The molecule has 3 N–H and O–H groups in total. The van der Waals surface area contributed by atoms with Gasteiger partial charge in [0, 0.05) is 0 Å². The van der Waals surface area contributed by atoms with Gasteiger partial charge in [-0.05, 0) is 24.1 Å². The molecule has 1 aromatic rings. The fourth-order valence-electron chi connectivity index (χ4n) is 1.29. The van der Waals surface area contributed by atoms with Crippen molar-refractivity contribution < 1.29 is 9.53 Å². The van der Waals surface area contributed by atoms with Gasteiger partial charge in [0.05, 0.1) is 13.1 Å². The molecule has 16 heavy (non-hydrogen) atoms. The summed E-state index contributed by atoms with van der Waals surface area (Å²) in [6, 6.07) is 7.93. The summed E-state index contributed by atoms with van der Waals surface area (Å²) in [5, 5.41) is 2.64. The Hall–Kier alpha value is -1.55. The Kier molecular flexibility index (Phi) is 5.36. The van der Waals surface area contributed by atoms with Gasteiger partial charge < -0.3 is 15.8 Å². The number of benzene rings is 1. The summed E-state index contributed by atoms with van der Waals surface area (Å²) >= 11 is 0. The Morgan fingerprint density at radius 1 is 1.50 bits per heavy atom. The van der Waals surface area contributed by atoms with Crippen molar-refractivity contribution in [3.63, 3.8) is 0 Å². The fraction of sp³-hybridized carbons (Fsp3) is 0.417. The van der Waals surface area contributed by atoms with Crippen LogP contribution in [0.2, 0.25) is 0 Å². The lowest BCUT2D eigenvalue weighted by molar-refractivity contribution is -0.119. The first-order valence-electron chi connectivity index (χ1n) is 5.44. The number of carbonyl (C=O) groups is 1. The molecule has 88 valence electrons. The number of nitrogens with two attached hydrogens (primary N) is 1. The highest BCUT2D eigenvalue weighted by molar-refractivity contribution is 5.77. The van der Waals surface area contributed by atoms with E-state index in [0.717, 1.165) is 12.2 Å². The minimum absolute atomic E-state index is 0.0192. The van der Waals surface area contributed by atoms with Gasteiger partial charge >= 0.3 is 0 Å². The number of carbonyl (C=O) groups excluding carboxylic acids is 1. The fourth-order valence-corrected chi connectivity index (χ4v) is 1.29. The van der Waals surface area contributed by atoms with Crippen molar-refractivity contribution in [3.05, 3.63) is 29.8 Å². The lowest BCUT2D eigenvalue weighted by Crippen LogP contribution is -2.33. The van der Waals surface area contributed by atoms with Crippen LogP contribution in [-0.4, -0.2) is 25.6 Å². The van der Waals surface area contributed by atoms with Crippen LogP contribution in [0, 0.1) is 0 Å². The third-order valence-electron chi connectivity index (χ3n) is 2.19. The molecule has 1 rings (SSSR count). The summed E-state index contributed by atoms with van der Waals surface area (Å²) in [7, 11) is 0. The van der Waals surface area contributed by atoms with Crippen molar-refractivity contribution in [1.29, 1.82) is 0 Å². The van der Waals surface area contributed by atoms with Gasteiger partial charge in [0.25, 0.3) is 0 Å². The van der Waals surface area contributed by atoms with E-state index in [1.165, 1.54) is 5.56 Å². The van der Waals surface area contributed by atoms with E-state index in [1.54, 1.807) is 0 Å². The van der Waals surface area contributed by atoms with Gasteiger partial charge in [-0.3, -0.25) is 4.79 Å². The molecule has 1 aromatic carbocycles. The van der Waals surface area contributed by atoms with Gasteiger partial charge in [0.2, 0.25) is 5.91 Å². The van der Waals surface area contributed by atoms with E-state index in [4.69, 9.17) is 10.5 Å². The SMILES string of the molecule is CCc1cccc(OCCNC(=O)CN)c1. The van der Waals surface area contributed by atoms with E-state index in [2.05, 4.69) is 18.3 Å². The van der Waals surface area contributed by atoms with Crippen molar-refractivity contribution >= 4 is 5.91 Å². The first-order valence-corrected chi connectivity index (χ1v) is 5.44. The molecule has 0 atom stereocenters. The highest BCUT2D eigenvalue weighted by Gasteiger charge is 1.97. The average Bonchev–Trinajstić information content (AvgIpc) is 2.34. The molecule has 0 aliphatic rings. The monoisotopic (exact) mass is 222 g/mol. The van der Waals surface area contributed by atoms with E-state index >= 15 is 0 Å². The molecule has 1 amide bonds. The van der Waals surface area contributed by atoms with Gasteiger partial charge in [-0.15, -0.1) is 0 Å². The predicted molar refractivity (Wildman–Crippen MR) is 63.4 cm³/mol. The zero-order valence-corrected chi connectivity index (χ0v) is 9.53. The number of hydrogen-bond acceptors (Lipinski definition) is 3. The normalized spacial score (nSPS) is 9.88. The van der Waals surface area contributed by atoms with Crippen LogP contribution in [0.1, 0.15) is 12.5 Å². The Balaban J connectivity index is 2.28. The van der Waals surface area contributed by atoms with Crippen molar-refractivity contribution in [2.75, 3.05) is 19.7 Å². The van der Waals surface area contributed by atoms with Crippen molar-refractivity contribution in [1.82, 2.24) is 5.32 Å². The molecule has 0 fully saturated rings. The predicted octanol–water partition coefficient (Wildman–Crippen LogP) is 0.703. The lowest BCUT2D eigenvalue weighted by atomic mass is 10.2. The number of amides is 1. The number of rotatable bonds is 6. The highest BCUT2D eigenvalue weighted by Crippen LogP contribution is 2.13. The maximum atomic E-state index is 10.8. The minimum atomic E-state index is -0.161. The molecular formula is C12H18N2O2. The number of hydrogen-bond donors (Lipinski definition) is 2. The van der Waals surface area contributed by atoms with Crippen LogP contribution in [0.5, 0.6) is 5.75 Å². The van der Waals surface area contributed by atoms with Crippen molar-refractivity contribution in [2.24, 2.45) is 5.73 Å². The van der Waals surface area contributed by atoms with E-state index in [-0.39, 0.29) is 12.5 Å². The van der Waals surface area contributed by atoms with Crippen molar-refractivity contribution in [2.45, 2.75) is 13.3 Å². The lowest BCUT2D eigenvalue weighted by Gasteiger charge is -2.08. The zero-order chi connectivity index (χ0) is 11.8. The van der Waals surface area contributed by atoms with Crippen LogP contribution in [-0.2, 0) is 11.2 Å². The van der Waals surface area contributed by atoms with Gasteiger partial charge in [-0.1, -0.05) is 19.1 Å². The number of nitrogens with one attached hydrogen (secondary N) is 1. The van der Waals surface area contributed by atoms with Crippen LogP contribution in [0.15, 0.2) is 24.3 Å². The van der Waals surface area contributed by atoms with E-state index in [9.17, 15) is 4.79 Å². The minimum Gasteiger partial charge on any atom is -0.492 e. The largest absolute Gasteiger partial charge is 0.492 e. The molecule has 4 nitrogen and oxygen atoms in total. The van der Waals surface area contributed by atoms with Crippen LogP contribution in [0.4, 0.5) is 0 Å². The molecule has 0 saturated carbocycles. The molecule has 0 radical (unpaired) electrons. The van der Waals surface area contributed by atoms with Gasteiger partial charge in [0.15, 0.2) is 0 Å². The Labute approximate surface area is 95.8 Å². The quantitative estimate of drug-likeness (QED) is 0.696. The highest BCUT2D eigenvalue weighted by atomic mass is 16.5. The van der Waals surface area contributed by atoms with E-state index in [0.29, 0.717) is 13.2 Å². The second kappa shape index (κ2) is 6.85. The summed E-state index contributed by atoms with van der Waals surface area (Å²) in [6.45, 7) is 3.05. The zero-order valence-electron chi connectivity index (χ0n) is 9.53. The molecule has 0 spiro atoms. The molecular weight excluding hydrogens is 204 g/mol. The number of aryl methyl sites for hydroxylation is 1. The molecule has 0 unspecified atom stereocenters. The molecule has 0 aliphatic heterocycles. The first kappa shape index (κ1) is 12.5. The third kappa shape index (κ3) is 4.31. The summed E-state index contributed by atoms with van der Waals surface area (Å²) in [6.07, 6.45) is 0.987. The second-order valence-corrected chi connectivity index (χ2v) is 3.40. The first-order chi connectivity index (χ1) is 7.76. The topological polar surface area (TPSA) is 64.3 Å². The average molecular weight is 222 g/mol. The smallest absolute Gasteiger partial charge is 0.233 e. The second-order valence-electron chi connectivity index (χ2n) is 3.40. The van der Waals surface area contributed by atoms with Crippen LogP contribution < -0.4 is 15.8 Å². The summed E-state index contributed by atoms with van der Waals surface area (Å²) in [4.78, 5) is 10.8. The Morgan fingerprint density at radius 3 is 3.00 bits per heavy atom. The van der Waals surface area contributed by atoms with Crippen LogP contribution in [0.3, 0.4) is 0 Å². The number of ether oxygens (including phenoxy) is 1. The molecule has 4 heteroatoms. The van der Waals surface area contributed by atoms with Gasteiger partial charge in [-0.25, -0.2) is 0 Å². The van der Waals surface area contributed by atoms with E-state index in [1.807, 2.05) is 18.2 Å².